The monoisotopic (exact) mass is 405 g/mol. The number of hydrogen-bond acceptors (Lipinski definition) is 2. The Morgan fingerprint density at radius 3 is 2.53 bits per heavy atom. The van der Waals surface area contributed by atoms with Gasteiger partial charge in [0.15, 0.2) is 0 Å². The largest absolute Gasteiger partial charge is 0.351 e. The second kappa shape index (κ2) is 6.63. The third kappa shape index (κ3) is 4.12. The van der Waals surface area contributed by atoms with Crippen LogP contribution >= 0.6 is 43.2 Å². The molecule has 1 aromatic heterocycles. The summed E-state index contributed by atoms with van der Waals surface area (Å²) >= 11 is 8.07. The fraction of sp³-hybridized carbons (Fsp3) is 0.154. The minimum absolute atomic E-state index is 0.0986. The van der Waals surface area contributed by atoms with Gasteiger partial charge in [0.25, 0.3) is 5.91 Å². The molecule has 2 rings (SSSR count). The van der Waals surface area contributed by atoms with Crippen molar-refractivity contribution in [3.8, 4) is 0 Å². The molecule has 2 aromatic rings. The molecular weight excluding hydrogens is 397 g/mol. The summed E-state index contributed by atoms with van der Waals surface area (Å²) in [5, 5.41) is 2.84. The number of carbonyl (C=O) groups is 1. The number of nitrogens with one attached hydrogen (secondary N) is 1. The zero-order valence-electron chi connectivity index (χ0n) is 9.75. The van der Waals surface area contributed by atoms with Crippen LogP contribution in [0.15, 0.2) is 38.6 Å². The molecule has 0 unspecified atom stereocenters. The summed E-state index contributed by atoms with van der Waals surface area (Å²) in [7, 11) is 0. The predicted octanol–water partition coefficient (Wildman–Crippen LogP) is 4.38. The molecule has 0 aliphatic heterocycles. The van der Waals surface area contributed by atoms with Crippen LogP contribution in [0.2, 0.25) is 0 Å². The van der Waals surface area contributed by atoms with Gasteiger partial charge in [-0.1, -0.05) is 12.1 Å². The van der Waals surface area contributed by atoms with Crippen LogP contribution in [0, 0.1) is 5.82 Å². The normalized spacial score (nSPS) is 10.5. The summed E-state index contributed by atoms with van der Waals surface area (Å²) in [5.74, 6) is -0.348. The maximum atomic E-state index is 12.7. The van der Waals surface area contributed by atoms with Gasteiger partial charge in [-0.25, -0.2) is 4.39 Å². The Kier molecular flexibility index (Phi) is 5.13. The molecule has 6 heteroatoms. The summed E-state index contributed by atoms with van der Waals surface area (Å²) in [5.41, 5.74) is 0.996. The highest BCUT2D eigenvalue weighted by Gasteiger charge is 2.11. The van der Waals surface area contributed by atoms with E-state index < -0.39 is 0 Å². The topological polar surface area (TPSA) is 29.1 Å². The zero-order chi connectivity index (χ0) is 13.8. The third-order valence-electron chi connectivity index (χ3n) is 2.48. The highest BCUT2D eigenvalue weighted by molar-refractivity contribution is 9.13. The molecular formula is C13H10Br2FNOS. The van der Waals surface area contributed by atoms with Crippen LogP contribution in [0.25, 0.3) is 0 Å². The van der Waals surface area contributed by atoms with Crippen LogP contribution in [0.3, 0.4) is 0 Å². The molecule has 0 aliphatic rings. The van der Waals surface area contributed by atoms with Crippen LogP contribution < -0.4 is 5.32 Å². The fourth-order valence-electron chi connectivity index (χ4n) is 1.52. The van der Waals surface area contributed by atoms with Crippen LogP contribution in [0.5, 0.6) is 0 Å². The summed E-state index contributed by atoms with van der Waals surface area (Å²) in [6.07, 6.45) is 0.680. The zero-order valence-corrected chi connectivity index (χ0v) is 13.7. The number of amides is 1. The number of halogens is 3. The van der Waals surface area contributed by atoms with Crippen molar-refractivity contribution in [3.63, 3.8) is 0 Å². The van der Waals surface area contributed by atoms with Crippen molar-refractivity contribution < 1.29 is 9.18 Å². The van der Waals surface area contributed by atoms with Crippen LogP contribution in [0.1, 0.15) is 15.2 Å². The summed E-state index contributed by atoms with van der Waals surface area (Å²) in [6.45, 7) is 0.525. The Bertz CT molecular complexity index is 563. The lowest BCUT2D eigenvalue weighted by molar-refractivity contribution is 0.0958. The van der Waals surface area contributed by atoms with E-state index in [0.29, 0.717) is 17.8 Å². The maximum absolute atomic E-state index is 12.7. The lowest BCUT2D eigenvalue weighted by atomic mass is 10.1. The first-order chi connectivity index (χ1) is 9.06. The molecule has 100 valence electrons. The van der Waals surface area contributed by atoms with E-state index in [-0.39, 0.29) is 11.7 Å². The van der Waals surface area contributed by atoms with Crippen molar-refractivity contribution in [2.24, 2.45) is 0 Å². The van der Waals surface area contributed by atoms with Crippen molar-refractivity contribution >= 4 is 49.1 Å². The number of hydrogen-bond donors (Lipinski definition) is 1. The molecule has 0 spiro atoms. The first kappa shape index (κ1) is 14.7. The molecule has 1 N–H and O–H groups in total. The van der Waals surface area contributed by atoms with Gasteiger partial charge in [0.1, 0.15) is 5.82 Å². The maximum Gasteiger partial charge on any atom is 0.261 e. The molecule has 1 aromatic carbocycles. The van der Waals surface area contributed by atoms with E-state index in [1.54, 1.807) is 18.2 Å². The van der Waals surface area contributed by atoms with Gasteiger partial charge in [-0.15, -0.1) is 11.3 Å². The predicted molar refractivity (Wildman–Crippen MR) is 82.2 cm³/mol. The van der Waals surface area contributed by atoms with Crippen LogP contribution in [-0.2, 0) is 6.42 Å². The molecule has 0 aliphatic carbocycles. The third-order valence-corrected chi connectivity index (χ3v) is 5.74. The van der Waals surface area contributed by atoms with Crippen molar-refractivity contribution in [2.75, 3.05) is 6.54 Å². The Labute approximate surface area is 131 Å². The minimum atomic E-state index is -0.249. The molecule has 19 heavy (non-hydrogen) atoms. The number of carbonyl (C=O) groups excluding carboxylic acids is 1. The summed E-state index contributed by atoms with van der Waals surface area (Å²) < 4.78 is 14.5. The summed E-state index contributed by atoms with van der Waals surface area (Å²) in [4.78, 5) is 12.5. The Balaban J connectivity index is 1.85. The molecule has 0 fully saturated rings. The second-order valence-electron chi connectivity index (χ2n) is 3.86. The molecule has 1 heterocycles. The van der Waals surface area contributed by atoms with Crippen molar-refractivity contribution in [3.05, 3.63) is 54.8 Å². The Morgan fingerprint density at radius 1 is 1.26 bits per heavy atom. The van der Waals surface area contributed by atoms with Gasteiger partial charge in [0.05, 0.1) is 8.66 Å². The van der Waals surface area contributed by atoms with Gasteiger partial charge >= 0.3 is 0 Å². The Morgan fingerprint density at radius 2 is 1.95 bits per heavy atom. The van der Waals surface area contributed by atoms with Gasteiger partial charge in [-0.2, -0.15) is 0 Å². The van der Waals surface area contributed by atoms with E-state index in [1.165, 1.54) is 23.5 Å². The molecule has 0 saturated carbocycles. The van der Waals surface area contributed by atoms with Gasteiger partial charge in [-0.3, -0.25) is 4.79 Å². The van der Waals surface area contributed by atoms with E-state index in [1.807, 2.05) is 0 Å². The molecule has 0 radical (unpaired) electrons. The second-order valence-corrected chi connectivity index (χ2v) is 7.09. The fourth-order valence-corrected chi connectivity index (χ4v) is 3.47. The highest BCUT2D eigenvalue weighted by Crippen LogP contribution is 2.32. The Hall–Kier alpha value is -0.720. The molecule has 0 bridgehead atoms. The average Bonchev–Trinajstić information content (AvgIpc) is 2.72. The van der Waals surface area contributed by atoms with E-state index in [0.717, 1.165) is 13.8 Å². The van der Waals surface area contributed by atoms with Gasteiger partial charge in [0, 0.05) is 11.0 Å². The van der Waals surface area contributed by atoms with Crippen molar-refractivity contribution in [1.82, 2.24) is 5.32 Å². The SMILES string of the molecule is O=C(NCCc1ccc(F)cc1)c1cc(Br)c(Br)s1. The highest BCUT2D eigenvalue weighted by atomic mass is 79.9. The molecule has 0 saturated heterocycles. The van der Waals surface area contributed by atoms with E-state index in [4.69, 9.17) is 0 Å². The van der Waals surface area contributed by atoms with Gasteiger partial charge < -0.3 is 5.32 Å². The van der Waals surface area contributed by atoms with E-state index in [9.17, 15) is 9.18 Å². The van der Waals surface area contributed by atoms with Gasteiger partial charge in [0.2, 0.25) is 0 Å². The van der Waals surface area contributed by atoms with Crippen LogP contribution in [0.4, 0.5) is 4.39 Å². The minimum Gasteiger partial charge on any atom is -0.351 e. The quantitative estimate of drug-likeness (QED) is 0.801. The summed E-state index contributed by atoms with van der Waals surface area (Å²) in [6, 6.07) is 8.07. The first-order valence-electron chi connectivity index (χ1n) is 5.54. The van der Waals surface area contributed by atoms with E-state index in [2.05, 4.69) is 37.2 Å². The van der Waals surface area contributed by atoms with Gasteiger partial charge in [-0.05, 0) is 62.0 Å². The number of benzene rings is 1. The number of thiophene rings is 1. The smallest absolute Gasteiger partial charge is 0.261 e. The lowest BCUT2D eigenvalue weighted by Gasteiger charge is -2.03. The molecule has 1 amide bonds. The standard InChI is InChI=1S/C13H10Br2FNOS/c14-10-7-11(19-12(10)15)13(18)17-6-5-8-1-3-9(16)4-2-8/h1-4,7H,5-6H2,(H,17,18). The molecule has 2 nitrogen and oxygen atoms in total. The van der Waals surface area contributed by atoms with Crippen LogP contribution in [-0.4, -0.2) is 12.5 Å². The lowest BCUT2D eigenvalue weighted by Crippen LogP contribution is -2.24. The molecule has 0 atom stereocenters. The average molecular weight is 407 g/mol. The van der Waals surface area contributed by atoms with Crippen molar-refractivity contribution in [2.45, 2.75) is 6.42 Å². The van der Waals surface area contributed by atoms with E-state index >= 15 is 0 Å². The number of rotatable bonds is 4. The van der Waals surface area contributed by atoms with Crippen molar-refractivity contribution in [1.29, 1.82) is 0 Å². The first-order valence-corrected chi connectivity index (χ1v) is 7.94.